The van der Waals surface area contributed by atoms with Crippen molar-refractivity contribution in [3.05, 3.63) is 35.9 Å². The van der Waals surface area contributed by atoms with Gasteiger partial charge in [0, 0.05) is 32.4 Å². The Morgan fingerprint density at radius 1 is 1.17 bits per heavy atom. The fourth-order valence-electron chi connectivity index (χ4n) is 2.34. The fraction of sp³-hybridized carbons (Fsp3) is 0.385. The van der Waals surface area contributed by atoms with E-state index in [4.69, 9.17) is 0 Å². The first-order valence-electron chi connectivity index (χ1n) is 6.15. The number of alkyl halides is 1. The summed E-state index contributed by atoms with van der Waals surface area (Å²) >= 11 is 5.48. The molecule has 2 aliphatic heterocycles. The van der Waals surface area contributed by atoms with Gasteiger partial charge in [-0.05, 0) is 17.5 Å². The van der Waals surface area contributed by atoms with Gasteiger partial charge in [0.25, 0.3) is 0 Å². The minimum atomic E-state index is 0.307. The van der Waals surface area contributed by atoms with Gasteiger partial charge < -0.3 is 15.1 Å². The van der Waals surface area contributed by atoms with E-state index >= 15 is 0 Å². The molecule has 0 saturated carbocycles. The molecule has 5 heteroatoms. The molecule has 1 atom stereocenters. The van der Waals surface area contributed by atoms with Gasteiger partial charge in [-0.3, -0.25) is 0 Å². The lowest BCUT2D eigenvalue weighted by atomic mass is 10.2. The molecule has 96 valence electrons. The van der Waals surface area contributed by atoms with E-state index in [0.717, 1.165) is 26.2 Å². The third-order valence-electron chi connectivity index (χ3n) is 3.25. The van der Waals surface area contributed by atoms with E-state index < -0.39 is 0 Å². The van der Waals surface area contributed by atoms with Gasteiger partial charge in [-0.1, -0.05) is 39.8 Å². The van der Waals surface area contributed by atoms with E-state index in [9.17, 15) is 0 Å². The Kier molecular flexibility index (Phi) is 3.82. The number of benzene rings is 1. The van der Waals surface area contributed by atoms with Crippen molar-refractivity contribution in [3.8, 4) is 0 Å². The molecule has 1 fully saturated rings. The normalized spacial score (nSPS) is 23.7. The molecule has 1 N–H and O–H groups in total. The average Bonchev–Trinajstić information content (AvgIpc) is 2.86. The van der Waals surface area contributed by atoms with E-state index in [1.165, 1.54) is 11.4 Å². The molecule has 2 heterocycles. The highest BCUT2D eigenvalue weighted by Crippen LogP contribution is 2.39. The third kappa shape index (κ3) is 2.39. The molecular formula is C13H16BrN3S. The first-order chi connectivity index (χ1) is 8.86. The molecule has 0 amide bonds. The molecule has 0 radical (unpaired) electrons. The summed E-state index contributed by atoms with van der Waals surface area (Å²) in [4.78, 5) is 4.74. The van der Waals surface area contributed by atoms with Crippen molar-refractivity contribution in [2.24, 2.45) is 0 Å². The monoisotopic (exact) mass is 325 g/mol. The number of thioether (sulfide) groups is 1. The lowest BCUT2D eigenvalue weighted by molar-refractivity contribution is 0.589. The molecule has 2 aliphatic rings. The van der Waals surface area contributed by atoms with Crippen molar-refractivity contribution >= 4 is 39.1 Å². The Hall–Kier alpha value is -0.650. The summed E-state index contributed by atoms with van der Waals surface area (Å²) in [6.07, 6.45) is 2.14. The van der Waals surface area contributed by atoms with Gasteiger partial charge in [-0.25, -0.2) is 0 Å². The summed E-state index contributed by atoms with van der Waals surface area (Å²) in [6.45, 7) is 4.29. The molecule has 0 spiro atoms. The zero-order chi connectivity index (χ0) is 12.4. The molecule has 0 bridgehead atoms. The predicted octanol–water partition coefficient (Wildman–Crippen LogP) is 2.80. The lowest BCUT2D eigenvalue weighted by Crippen LogP contribution is -2.44. The summed E-state index contributed by atoms with van der Waals surface area (Å²) in [7, 11) is 0. The number of piperazine rings is 1. The van der Waals surface area contributed by atoms with E-state index in [1.54, 1.807) is 11.8 Å². The minimum absolute atomic E-state index is 0.307. The molecule has 3 rings (SSSR count). The molecule has 1 aromatic carbocycles. The van der Waals surface area contributed by atoms with E-state index in [0.29, 0.717) is 4.28 Å². The Labute approximate surface area is 120 Å². The number of para-hydroxylation sites is 2. The standard InChI is InChI=1S/C13H16BrN3S/c14-13-17(9-10-18-13)12-4-2-1-3-11(12)16-7-5-15-6-8-16/h1-4,9-10,13,15H,5-8H2. The van der Waals surface area contributed by atoms with Gasteiger partial charge in [0.1, 0.15) is 4.28 Å². The van der Waals surface area contributed by atoms with Crippen LogP contribution in [0.2, 0.25) is 0 Å². The van der Waals surface area contributed by atoms with Crippen LogP contribution in [0.3, 0.4) is 0 Å². The average molecular weight is 326 g/mol. The second kappa shape index (κ2) is 5.55. The van der Waals surface area contributed by atoms with Crippen LogP contribution in [0.4, 0.5) is 11.4 Å². The first kappa shape index (κ1) is 12.4. The van der Waals surface area contributed by atoms with Crippen LogP contribution in [0.15, 0.2) is 35.9 Å². The van der Waals surface area contributed by atoms with Gasteiger partial charge in [0.15, 0.2) is 0 Å². The minimum Gasteiger partial charge on any atom is -0.367 e. The van der Waals surface area contributed by atoms with Gasteiger partial charge >= 0.3 is 0 Å². The van der Waals surface area contributed by atoms with Crippen molar-refractivity contribution in [3.63, 3.8) is 0 Å². The van der Waals surface area contributed by atoms with Crippen molar-refractivity contribution in [2.45, 2.75) is 4.28 Å². The SMILES string of the molecule is BrC1SC=CN1c1ccccc1N1CCNCC1. The van der Waals surface area contributed by atoms with Crippen LogP contribution in [0.25, 0.3) is 0 Å². The van der Waals surface area contributed by atoms with Crippen molar-refractivity contribution in [1.29, 1.82) is 0 Å². The Balaban J connectivity index is 1.91. The maximum absolute atomic E-state index is 3.70. The maximum atomic E-state index is 3.70. The van der Waals surface area contributed by atoms with E-state index in [1.807, 2.05) is 0 Å². The Bertz CT molecular complexity index is 446. The Morgan fingerprint density at radius 2 is 1.89 bits per heavy atom. The molecular weight excluding hydrogens is 310 g/mol. The molecule has 1 saturated heterocycles. The highest BCUT2D eigenvalue weighted by atomic mass is 79.9. The van der Waals surface area contributed by atoms with E-state index in [2.05, 4.69) is 66.9 Å². The number of hydrogen-bond acceptors (Lipinski definition) is 4. The number of nitrogens with one attached hydrogen (secondary N) is 1. The quantitative estimate of drug-likeness (QED) is 0.665. The van der Waals surface area contributed by atoms with Crippen LogP contribution in [0.5, 0.6) is 0 Å². The zero-order valence-corrected chi connectivity index (χ0v) is 12.5. The van der Waals surface area contributed by atoms with Gasteiger partial charge in [-0.2, -0.15) is 0 Å². The van der Waals surface area contributed by atoms with Gasteiger partial charge in [0.05, 0.1) is 11.4 Å². The third-order valence-corrected chi connectivity index (χ3v) is 5.07. The van der Waals surface area contributed by atoms with Crippen LogP contribution in [-0.2, 0) is 0 Å². The number of hydrogen-bond donors (Lipinski definition) is 1. The van der Waals surface area contributed by atoms with Gasteiger partial charge in [0.2, 0.25) is 0 Å². The molecule has 1 unspecified atom stereocenters. The number of halogens is 1. The fourth-order valence-corrected chi connectivity index (χ4v) is 3.72. The molecule has 0 aliphatic carbocycles. The summed E-state index contributed by atoms with van der Waals surface area (Å²) in [5, 5.41) is 5.53. The topological polar surface area (TPSA) is 18.5 Å². The highest BCUT2D eigenvalue weighted by Gasteiger charge is 2.23. The zero-order valence-electron chi connectivity index (χ0n) is 10.1. The second-order valence-electron chi connectivity index (χ2n) is 4.35. The van der Waals surface area contributed by atoms with Crippen LogP contribution in [0, 0.1) is 0 Å². The smallest absolute Gasteiger partial charge is 0.139 e. The Morgan fingerprint density at radius 3 is 2.56 bits per heavy atom. The highest BCUT2D eigenvalue weighted by molar-refractivity contribution is 9.11. The van der Waals surface area contributed by atoms with Crippen molar-refractivity contribution in [1.82, 2.24) is 5.32 Å². The van der Waals surface area contributed by atoms with E-state index in [-0.39, 0.29) is 0 Å². The largest absolute Gasteiger partial charge is 0.367 e. The summed E-state index contributed by atoms with van der Waals surface area (Å²) in [5.41, 5.74) is 2.61. The number of rotatable bonds is 2. The lowest BCUT2D eigenvalue weighted by Gasteiger charge is -2.33. The second-order valence-corrected chi connectivity index (χ2v) is 6.81. The summed E-state index contributed by atoms with van der Waals surface area (Å²) < 4.78 is 0.307. The summed E-state index contributed by atoms with van der Waals surface area (Å²) in [6, 6.07) is 8.65. The predicted molar refractivity (Wildman–Crippen MR) is 83.4 cm³/mol. The first-order valence-corrected chi connectivity index (χ1v) is 8.01. The molecule has 18 heavy (non-hydrogen) atoms. The van der Waals surface area contributed by atoms with Crippen LogP contribution in [0.1, 0.15) is 0 Å². The van der Waals surface area contributed by atoms with Crippen LogP contribution >= 0.6 is 27.7 Å². The maximum Gasteiger partial charge on any atom is 0.139 e. The number of anilines is 2. The molecule has 3 nitrogen and oxygen atoms in total. The molecule has 0 aromatic heterocycles. The van der Waals surface area contributed by atoms with Crippen molar-refractivity contribution in [2.75, 3.05) is 36.0 Å². The van der Waals surface area contributed by atoms with Crippen molar-refractivity contribution < 1.29 is 0 Å². The molecule has 1 aromatic rings. The van der Waals surface area contributed by atoms with Crippen LogP contribution < -0.4 is 15.1 Å². The summed E-state index contributed by atoms with van der Waals surface area (Å²) in [5.74, 6) is 0. The van der Waals surface area contributed by atoms with Gasteiger partial charge in [-0.15, -0.1) is 0 Å². The van der Waals surface area contributed by atoms with Crippen LogP contribution in [-0.4, -0.2) is 30.5 Å². The number of nitrogens with zero attached hydrogens (tertiary/aromatic N) is 2.